The van der Waals surface area contributed by atoms with E-state index in [1.807, 2.05) is 50.2 Å². The van der Waals surface area contributed by atoms with Crippen LogP contribution in [0.3, 0.4) is 0 Å². The first-order valence-electron chi connectivity index (χ1n) is 13.3. The van der Waals surface area contributed by atoms with E-state index in [1.165, 1.54) is 18.4 Å². The number of ether oxygens (including phenoxy) is 1. The van der Waals surface area contributed by atoms with E-state index >= 15 is 0 Å². The summed E-state index contributed by atoms with van der Waals surface area (Å²) >= 11 is 7.55. The molecule has 0 spiro atoms. The number of cyclic esters (lactones) is 1. The van der Waals surface area contributed by atoms with Gasteiger partial charge < -0.3 is 19.8 Å². The second kappa shape index (κ2) is 11.1. The molecule has 10 nitrogen and oxygen atoms in total. The molecule has 0 unspecified atom stereocenters. The van der Waals surface area contributed by atoms with E-state index in [0.29, 0.717) is 41.4 Å². The summed E-state index contributed by atoms with van der Waals surface area (Å²) in [6, 6.07) is 11.4. The number of amides is 1. The molecular formula is C29H29ClN6O4S. The molecule has 2 aliphatic rings. The lowest BCUT2D eigenvalue weighted by atomic mass is 9.97. The summed E-state index contributed by atoms with van der Waals surface area (Å²) in [4.78, 5) is 43.0. The highest BCUT2D eigenvalue weighted by Crippen LogP contribution is 2.36. The SMILES string of the molecule is CO/N=C(\C)c1cnc(-c2cc3nc(C)n(Cc4ccc(Cl)cc4)c(=O)c3cc2N[C@H]2CCN3C(=O)OC[C@@H]3C2)s1. The molecule has 1 amide bonds. The van der Waals surface area contributed by atoms with E-state index in [-0.39, 0.29) is 23.7 Å². The molecule has 212 valence electrons. The molecule has 0 bridgehead atoms. The Labute approximate surface area is 245 Å². The van der Waals surface area contributed by atoms with Crippen LogP contribution < -0.4 is 10.9 Å². The number of fused-ring (bicyclic) bond motifs is 2. The monoisotopic (exact) mass is 592 g/mol. The zero-order valence-electron chi connectivity index (χ0n) is 22.9. The average Bonchev–Trinajstić information content (AvgIpc) is 3.59. The number of hydrogen-bond donors (Lipinski definition) is 1. The molecule has 12 heteroatoms. The highest BCUT2D eigenvalue weighted by atomic mass is 35.5. The summed E-state index contributed by atoms with van der Waals surface area (Å²) in [5.74, 6) is 0.616. The molecule has 1 N–H and O–H groups in total. The standard InChI is InChI=1S/C29H29ClN6O4S/c1-16(34-39-3)26-13-31-27(41-26)22-11-25-23(12-24(22)33-20-8-9-35-21(10-20)15-40-29(35)38)28(37)36(17(2)32-25)14-18-4-6-19(30)7-5-18/h4-7,11-13,20-21,33H,8-10,14-15H2,1-3H3/b34-16+/t20-,21-/m0/s1. The van der Waals surface area contributed by atoms with Crippen LogP contribution in [0.5, 0.6) is 0 Å². The molecule has 0 aliphatic carbocycles. The Morgan fingerprint density at radius 1 is 1.27 bits per heavy atom. The van der Waals surface area contributed by atoms with Crippen LogP contribution >= 0.6 is 22.9 Å². The molecule has 2 saturated heterocycles. The third kappa shape index (κ3) is 5.39. The number of halogens is 1. The van der Waals surface area contributed by atoms with Crippen molar-refractivity contribution in [2.45, 2.75) is 45.3 Å². The molecule has 4 heterocycles. The molecule has 6 rings (SSSR count). The van der Waals surface area contributed by atoms with Crippen LogP contribution in [0.4, 0.5) is 10.5 Å². The normalized spacial score (nSPS) is 18.9. The fraction of sp³-hybridized carbons (Fsp3) is 0.345. The molecule has 0 saturated carbocycles. The maximum atomic E-state index is 13.8. The largest absolute Gasteiger partial charge is 0.447 e. The quantitative estimate of drug-likeness (QED) is 0.229. The molecule has 2 aromatic heterocycles. The number of piperidine rings is 1. The lowest BCUT2D eigenvalue weighted by Gasteiger charge is -2.33. The number of thiazole rings is 1. The fourth-order valence-corrected chi connectivity index (χ4v) is 6.44. The number of carbonyl (C=O) groups is 1. The first kappa shape index (κ1) is 27.2. The number of anilines is 1. The summed E-state index contributed by atoms with van der Waals surface area (Å²) in [5, 5.41) is 9.65. The Morgan fingerprint density at radius 3 is 2.85 bits per heavy atom. The molecule has 2 fully saturated rings. The zero-order valence-corrected chi connectivity index (χ0v) is 24.5. The van der Waals surface area contributed by atoms with Crippen LogP contribution in [0, 0.1) is 6.92 Å². The van der Waals surface area contributed by atoms with Crippen LogP contribution in [0.1, 0.15) is 36.0 Å². The van der Waals surface area contributed by atoms with Gasteiger partial charge in [0, 0.05) is 35.1 Å². The summed E-state index contributed by atoms with van der Waals surface area (Å²) in [6.45, 7) is 5.11. The van der Waals surface area contributed by atoms with E-state index in [9.17, 15) is 9.59 Å². The van der Waals surface area contributed by atoms with Crippen molar-refractivity contribution in [3.05, 3.63) is 74.2 Å². The number of benzene rings is 2. The van der Waals surface area contributed by atoms with Gasteiger partial charge in [0.1, 0.15) is 24.5 Å². The van der Waals surface area contributed by atoms with E-state index in [0.717, 1.165) is 45.3 Å². The number of aromatic nitrogens is 3. The smallest absolute Gasteiger partial charge is 0.410 e. The number of nitrogens with one attached hydrogen (secondary N) is 1. The van der Waals surface area contributed by atoms with E-state index in [4.69, 9.17) is 26.2 Å². The Bertz CT molecular complexity index is 1720. The second-order valence-electron chi connectivity index (χ2n) is 10.3. The summed E-state index contributed by atoms with van der Waals surface area (Å²) < 4.78 is 6.94. The van der Waals surface area contributed by atoms with Crippen molar-refractivity contribution in [2.24, 2.45) is 5.16 Å². The molecule has 0 radical (unpaired) electrons. The summed E-state index contributed by atoms with van der Waals surface area (Å²) in [6.07, 6.45) is 3.04. The molecule has 2 aromatic carbocycles. The highest BCUT2D eigenvalue weighted by Gasteiger charge is 2.38. The first-order chi connectivity index (χ1) is 19.8. The van der Waals surface area contributed by atoms with Crippen molar-refractivity contribution >= 4 is 51.3 Å². The van der Waals surface area contributed by atoms with Crippen LogP contribution in [-0.4, -0.2) is 63.6 Å². The molecule has 2 atom stereocenters. The Morgan fingerprint density at radius 2 is 2.07 bits per heavy atom. The van der Waals surface area contributed by atoms with Gasteiger partial charge in [0.2, 0.25) is 0 Å². The number of aryl methyl sites for hydroxylation is 1. The van der Waals surface area contributed by atoms with Crippen molar-refractivity contribution in [3.63, 3.8) is 0 Å². The molecule has 41 heavy (non-hydrogen) atoms. The van der Waals surface area contributed by atoms with E-state index in [2.05, 4.69) is 15.5 Å². The number of rotatable bonds is 7. The Balaban J connectivity index is 1.42. The second-order valence-corrected chi connectivity index (χ2v) is 11.7. The third-order valence-corrected chi connectivity index (χ3v) is 8.96. The van der Waals surface area contributed by atoms with Crippen LogP contribution in [0.25, 0.3) is 21.5 Å². The van der Waals surface area contributed by atoms with Gasteiger partial charge in [-0.1, -0.05) is 28.9 Å². The van der Waals surface area contributed by atoms with Crippen LogP contribution in [0.15, 0.2) is 52.5 Å². The van der Waals surface area contributed by atoms with Gasteiger partial charge >= 0.3 is 6.09 Å². The molecule has 4 aromatic rings. The van der Waals surface area contributed by atoms with Crippen molar-refractivity contribution in [3.8, 4) is 10.6 Å². The number of carbonyl (C=O) groups excluding carboxylic acids is 1. The lowest BCUT2D eigenvalue weighted by molar-refractivity contribution is 0.153. The van der Waals surface area contributed by atoms with Crippen LogP contribution in [-0.2, 0) is 16.1 Å². The molecule has 2 aliphatic heterocycles. The minimum atomic E-state index is -0.245. The highest BCUT2D eigenvalue weighted by molar-refractivity contribution is 7.17. The van der Waals surface area contributed by atoms with Crippen molar-refractivity contribution in [1.29, 1.82) is 0 Å². The maximum Gasteiger partial charge on any atom is 0.410 e. The van der Waals surface area contributed by atoms with Gasteiger partial charge in [-0.05, 0) is 56.5 Å². The van der Waals surface area contributed by atoms with Gasteiger partial charge in [0.05, 0.1) is 34.1 Å². The van der Waals surface area contributed by atoms with Gasteiger partial charge in [-0.2, -0.15) is 0 Å². The van der Waals surface area contributed by atoms with Gasteiger partial charge in [0.25, 0.3) is 5.56 Å². The third-order valence-electron chi connectivity index (χ3n) is 7.57. The minimum Gasteiger partial charge on any atom is -0.447 e. The van der Waals surface area contributed by atoms with Crippen molar-refractivity contribution in [2.75, 3.05) is 25.6 Å². The maximum absolute atomic E-state index is 13.8. The predicted molar refractivity (Wildman–Crippen MR) is 160 cm³/mol. The van der Waals surface area contributed by atoms with Gasteiger partial charge in [0.15, 0.2) is 0 Å². The summed E-state index contributed by atoms with van der Waals surface area (Å²) in [7, 11) is 1.51. The van der Waals surface area contributed by atoms with Gasteiger partial charge in [-0.15, -0.1) is 11.3 Å². The average molecular weight is 593 g/mol. The van der Waals surface area contributed by atoms with Gasteiger partial charge in [-0.3, -0.25) is 9.36 Å². The molecular weight excluding hydrogens is 564 g/mol. The predicted octanol–water partition coefficient (Wildman–Crippen LogP) is 5.30. The lowest BCUT2D eigenvalue weighted by Crippen LogP contribution is -2.45. The number of oxime groups is 1. The van der Waals surface area contributed by atoms with Crippen LogP contribution in [0.2, 0.25) is 5.02 Å². The minimum absolute atomic E-state index is 0.0398. The summed E-state index contributed by atoms with van der Waals surface area (Å²) in [5.41, 5.74) is 3.81. The fourth-order valence-electron chi connectivity index (χ4n) is 5.43. The van der Waals surface area contributed by atoms with Gasteiger partial charge in [-0.25, -0.2) is 14.8 Å². The first-order valence-corrected chi connectivity index (χ1v) is 14.5. The zero-order chi connectivity index (χ0) is 28.7. The Kier molecular flexibility index (Phi) is 7.39. The van der Waals surface area contributed by atoms with Crippen molar-refractivity contribution in [1.82, 2.24) is 19.4 Å². The number of nitrogens with zero attached hydrogens (tertiary/aromatic N) is 5. The number of hydrogen-bond acceptors (Lipinski definition) is 9. The van der Waals surface area contributed by atoms with E-state index in [1.54, 1.807) is 15.7 Å². The van der Waals surface area contributed by atoms with E-state index < -0.39 is 0 Å². The van der Waals surface area contributed by atoms with Crippen molar-refractivity contribution < 1.29 is 14.4 Å². The topological polar surface area (TPSA) is 111 Å². The Hall–Kier alpha value is -3.96.